The fourth-order valence-electron chi connectivity index (χ4n) is 1.88. The predicted molar refractivity (Wildman–Crippen MR) is 59.7 cm³/mol. The van der Waals surface area contributed by atoms with Gasteiger partial charge >= 0.3 is 0 Å². The summed E-state index contributed by atoms with van der Waals surface area (Å²) in [6.45, 7) is 1.89. The molecular formula is C9H19N3S. The van der Waals surface area contributed by atoms with Gasteiger partial charge in [-0.15, -0.1) is 0 Å². The van der Waals surface area contributed by atoms with Gasteiger partial charge < -0.3 is 16.0 Å². The van der Waals surface area contributed by atoms with Crippen molar-refractivity contribution in [1.82, 2.24) is 10.2 Å². The van der Waals surface area contributed by atoms with E-state index in [-0.39, 0.29) is 0 Å². The third-order valence-electron chi connectivity index (χ3n) is 2.71. The van der Waals surface area contributed by atoms with Crippen molar-refractivity contribution in [3.05, 3.63) is 0 Å². The van der Waals surface area contributed by atoms with E-state index in [4.69, 9.17) is 18.0 Å². The van der Waals surface area contributed by atoms with E-state index < -0.39 is 0 Å². The van der Waals surface area contributed by atoms with Crippen LogP contribution in [0.15, 0.2) is 0 Å². The van der Waals surface area contributed by atoms with E-state index in [0.29, 0.717) is 5.11 Å². The number of rotatable bonds is 4. The molecular weight excluding hydrogens is 182 g/mol. The summed E-state index contributed by atoms with van der Waals surface area (Å²) in [6, 6.07) is 0.785. The van der Waals surface area contributed by atoms with Crippen LogP contribution in [0.1, 0.15) is 25.7 Å². The summed E-state index contributed by atoms with van der Waals surface area (Å²) < 4.78 is 0. The topological polar surface area (TPSA) is 41.3 Å². The van der Waals surface area contributed by atoms with Crippen molar-refractivity contribution >= 4 is 17.3 Å². The molecule has 13 heavy (non-hydrogen) atoms. The lowest BCUT2D eigenvalue weighted by molar-refractivity contribution is 0.249. The van der Waals surface area contributed by atoms with Crippen molar-refractivity contribution < 1.29 is 0 Å². The lowest BCUT2D eigenvalue weighted by Crippen LogP contribution is -2.39. The van der Waals surface area contributed by atoms with Gasteiger partial charge in [-0.2, -0.15) is 0 Å². The van der Waals surface area contributed by atoms with Crippen LogP contribution in [0.2, 0.25) is 0 Å². The Morgan fingerprint density at radius 3 is 2.69 bits per heavy atom. The van der Waals surface area contributed by atoms with Crippen LogP contribution in [-0.2, 0) is 0 Å². The highest BCUT2D eigenvalue weighted by molar-refractivity contribution is 7.80. The zero-order valence-electron chi connectivity index (χ0n) is 8.25. The summed E-state index contributed by atoms with van der Waals surface area (Å²) in [6.07, 6.45) is 5.47. The Morgan fingerprint density at radius 1 is 1.54 bits per heavy atom. The summed E-state index contributed by atoms with van der Waals surface area (Å²) in [7, 11) is 2.18. The van der Waals surface area contributed by atoms with Crippen LogP contribution in [-0.4, -0.2) is 36.2 Å². The lowest BCUT2D eigenvalue weighted by Gasteiger charge is -2.23. The minimum Gasteiger partial charge on any atom is -0.376 e. The van der Waals surface area contributed by atoms with Crippen LogP contribution >= 0.6 is 12.2 Å². The molecule has 0 aromatic carbocycles. The molecule has 0 saturated heterocycles. The maximum absolute atomic E-state index is 5.33. The van der Waals surface area contributed by atoms with Gasteiger partial charge in [0.1, 0.15) is 0 Å². The second kappa shape index (κ2) is 5.40. The van der Waals surface area contributed by atoms with Crippen molar-refractivity contribution in [2.75, 3.05) is 20.1 Å². The molecule has 0 bridgehead atoms. The molecule has 0 spiro atoms. The first-order valence-electron chi connectivity index (χ1n) is 4.93. The van der Waals surface area contributed by atoms with Crippen LogP contribution in [0.5, 0.6) is 0 Å². The SMILES string of the molecule is CN(CCNC(N)=S)C1CCCC1. The van der Waals surface area contributed by atoms with Crippen LogP contribution < -0.4 is 11.1 Å². The van der Waals surface area contributed by atoms with Crippen LogP contribution in [0.25, 0.3) is 0 Å². The van der Waals surface area contributed by atoms with E-state index >= 15 is 0 Å². The Hall–Kier alpha value is -0.350. The molecule has 0 aromatic rings. The van der Waals surface area contributed by atoms with Gasteiger partial charge in [0, 0.05) is 19.1 Å². The Kier molecular flexibility index (Phi) is 4.45. The van der Waals surface area contributed by atoms with E-state index in [0.717, 1.165) is 19.1 Å². The molecule has 4 heteroatoms. The Bertz CT molecular complexity index is 166. The molecule has 0 radical (unpaired) electrons. The van der Waals surface area contributed by atoms with Gasteiger partial charge in [0.15, 0.2) is 5.11 Å². The van der Waals surface area contributed by atoms with Crippen LogP contribution in [0, 0.1) is 0 Å². The summed E-state index contributed by atoms with van der Waals surface area (Å²) >= 11 is 4.73. The summed E-state index contributed by atoms with van der Waals surface area (Å²) in [4.78, 5) is 2.40. The molecule has 0 heterocycles. The second-order valence-corrected chi connectivity index (χ2v) is 4.15. The van der Waals surface area contributed by atoms with Gasteiger partial charge in [-0.3, -0.25) is 0 Å². The number of nitrogens with zero attached hydrogens (tertiary/aromatic N) is 1. The largest absolute Gasteiger partial charge is 0.376 e. The first-order chi connectivity index (χ1) is 6.20. The number of hydrogen-bond donors (Lipinski definition) is 2. The molecule has 1 aliphatic carbocycles. The molecule has 0 unspecified atom stereocenters. The van der Waals surface area contributed by atoms with Crippen LogP contribution in [0.3, 0.4) is 0 Å². The monoisotopic (exact) mass is 201 g/mol. The Balaban J connectivity index is 2.09. The van der Waals surface area contributed by atoms with Gasteiger partial charge in [-0.1, -0.05) is 12.8 Å². The molecule has 0 aliphatic heterocycles. The number of thiocarbonyl (C=S) groups is 1. The summed E-state index contributed by atoms with van der Waals surface area (Å²) in [5.41, 5.74) is 5.33. The Morgan fingerprint density at radius 2 is 2.15 bits per heavy atom. The van der Waals surface area contributed by atoms with Crippen molar-refractivity contribution in [2.24, 2.45) is 5.73 Å². The molecule has 0 amide bonds. The minimum absolute atomic E-state index is 0.403. The summed E-state index contributed by atoms with van der Waals surface area (Å²) in [5, 5.41) is 3.37. The van der Waals surface area contributed by atoms with E-state index in [1.165, 1.54) is 25.7 Å². The van der Waals surface area contributed by atoms with Crippen molar-refractivity contribution in [1.29, 1.82) is 0 Å². The minimum atomic E-state index is 0.403. The maximum atomic E-state index is 5.33. The molecule has 3 nitrogen and oxygen atoms in total. The molecule has 1 aliphatic rings. The van der Waals surface area contributed by atoms with Gasteiger partial charge in [-0.05, 0) is 32.1 Å². The van der Waals surface area contributed by atoms with Gasteiger partial charge in [0.2, 0.25) is 0 Å². The zero-order valence-corrected chi connectivity index (χ0v) is 9.07. The number of likely N-dealkylation sites (N-methyl/N-ethyl adjacent to an activating group) is 1. The van der Waals surface area contributed by atoms with Crippen molar-refractivity contribution in [3.8, 4) is 0 Å². The first-order valence-corrected chi connectivity index (χ1v) is 5.34. The average molecular weight is 201 g/mol. The standard InChI is InChI=1S/C9H19N3S/c1-12(7-6-11-9(10)13)8-4-2-3-5-8/h8H,2-7H2,1H3,(H3,10,11,13). The first kappa shape index (κ1) is 10.7. The van der Waals surface area contributed by atoms with Crippen molar-refractivity contribution in [2.45, 2.75) is 31.7 Å². The summed E-state index contributed by atoms with van der Waals surface area (Å²) in [5.74, 6) is 0. The highest BCUT2D eigenvalue weighted by Gasteiger charge is 2.18. The quantitative estimate of drug-likeness (QED) is 0.657. The van der Waals surface area contributed by atoms with E-state index in [2.05, 4.69) is 17.3 Å². The second-order valence-electron chi connectivity index (χ2n) is 3.71. The van der Waals surface area contributed by atoms with E-state index in [1.807, 2.05) is 0 Å². The fourth-order valence-corrected chi connectivity index (χ4v) is 1.99. The number of nitrogens with two attached hydrogens (primary N) is 1. The van der Waals surface area contributed by atoms with E-state index in [1.54, 1.807) is 0 Å². The third-order valence-corrected chi connectivity index (χ3v) is 2.86. The van der Waals surface area contributed by atoms with Gasteiger partial charge in [0.05, 0.1) is 0 Å². The Labute approximate surface area is 85.7 Å². The number of nitrogens with one attached hydrogen (secondary N) is 1. The predicted octanol–water partition coefficient (Wildman–Crippen LogP) is 0.694. The highest BCUT2D eigenvalue weighted by atomic mass is 32.1. The molecule has 1 fully saturated rings. The zero-order chi connectivity index (χ0) is 9.68. The molecule has 1 rings (SSSR count). The van der Waals surface area contributed by atoms with E-state index in [9.17, 15) is 0 Å². The maximum Gasteiger partial charge on any atom is 0.163 e. The third kappa shape index (κ3) is 3.91. The normalized spacial score (nSPS) is 18.0. The van der Waals surface area contributed by atoms with Gasteiger partial charge in [-0.25, -0.2) is 0 Å². The molecule has 76 valence electrons. The molecule has 1 saturated carbocycles. The highest BCUT2D eigenvalue weighted by Crippen LogP contribution is 2.21. The smallest absolute Gasteiger partial charge is 0.163 e. The fraction of sp³-hybridized carbons (Fsp3) is 0.889. The molecule has 3 N–H and O–H groups in total. The van der Waals surface area contributed by atoms with Gasteiger partial charge in [0.25, 0.3) is 0 Å². The van der Waals surface area contributed by atoms with Crippen LogP contribution in [0.4, 0.5) is 0 Å². The number of hydrogen-bond acceptors (Lipinski definition) is 2. The van der Waals surface area contributed by atoms with Crippen molar-refractivity contribution in [3.63, 3.8) is 0 Å². The molecule has 0 aromatic heterocycles. The molecule has 0 atom stereocenters. The lowest BCUT2D eigenvalue weighted by atomic mass is 10.2. The average Bonchev–Trinajstić information content (AvgIpc) is 2.55.